The molecule has 5 nitrogen and oxygen atoms in total. The van der Waals surface area contributed by atoms with E-state index in [4.69, 9.17) is 9.47 Å². The summed E-state index contributed by atoms with van der Waals surface area (Å²) in [5.74, 6) is 1.95. The highest BCUT2D eigenvalue weighted by atomic mass is 35.5. The molecule has 0 aliphatic carbocycles. The van der Waals surface area contributed by atoms with Crippen molar-refractivity contribution in [1.29, 1.82) is 0 Å². The van der Waals surface area contributed by atoms with E-state index in [0.29, 0.717) is 29.6 Å². The zero-order chi connectivity index (χ0) is 16.8. The molecule has 0 spiro atoms. The van der Waals surface area contributed by atoms with Crippen molar-refractivity contribution < 1.29 is 14.3 Å². The number of carbonyl (C=O) groups is 1. The van der Waals surface area contributed by atoms with Gasteiger partial charge >= 0.3 is 0 Å². The van der Waals surface area contributed by atoms with Gasteiger partial charge in [0.15, 0.2) is 11.5 Å². The third-order valence-corrected chi connectivity index (χ3v) is 4.13. The summed E-state index contributed by atoms with van der Waals surface area (Å²) in [5.41, 5.74) is 0.645. The minimum atomic E-state index is 0. The van der Waals surface area contributed by atoms with Gasteiger partial charge in [0, 0.05) is 31.2 Å². The topological polar surface area (TPSA) is 50.8 Å². The SMILES string of the molecule is COc1cc(C(=O)N2CCNCC2C)ccc1OCCC(C)C.Cl. The van der Waals surface area contributed by atoms with Gasteiger partial charge in [0.1, 0.15) is 0 Å². The maximum absolute atomic E-state index is 12.7. The monoisotopic (exact) mass is 356 g/mol. The molecule has 0 bridgehead atoms. The van der Waals surface area contributed by atoms with Crippen LogP contribution in [0.15, 0.2) is 18.2 Å². The first-order valence-electron chi connectivity index (χ1n) is 8.35. The average Bonchev–Trinajstić information content (AvgIpc) is 2.54. The van der Waals surface area contributed by atoms with Crippen LogP contribution in [-0.4, -0.2) is 50.2 Å². The summed E-state index contributed by atoms with van der Waals surface area (Å²) < 4.78 is 11.2. The summed E-state index contributed by atoms with van der Waals surface area (Å²) >= 11 is 0. The lowest BCUT2D eigenvalue weighted by Gasteiger charge is -2.34. The van der Waals surface area contributed by atoms with Crippen LogP contribution in [0.25, 0.3) is 0 Å². The predicted molar refractivity (Wildman–Crippen MR) is 98.6 cm³/mol. The minimum Gasteiger partial charge on any atom is -0.493 e. The summed E-state index contributed by atoms with van der Waals surface area (Å²) in [7, 11) is 1.60. The van der Waals surface area contributed by atoms with Gasteiger partial charge in [-0.15, -0.1) is 12.4 Å². The number of ether oxygens (including phenoxy) is 2. The van der Waals surface area contributed by atoms with Gasteiger partial charge in [-0.25, -0.2) is 0 Å². The van der Waals surface area contributed by atoms with Crippen molar-refractivity contribution in [2.24, 2.45) is 5.92 Å². The van der Waals surface area contributed by atoms with Crippen LogP contribution in [0, 0.1) is 5.92 Å². The summed E-state index contributed by atoms with van der Waals surface area (Å²) in [6, 6.07) is 5.63. The Morgan fingerprint density at radius 1 is 1.38 bits per heavy atom. The maximum Gasteiger partial charge on any atom is 0.254 e. The van der Waals surface area contributed by atoms with Gasteiger partial charge in [0.25, 0.3) is 5.91 Å². The Morgan fingerprint density at radius 3 is 2.75 bits per heavy atom. The van der Waals surface area contributed by atoms with Gasteiger partial charge in [-0.2, -0.15) is 0 Å². The molecule has 1 aliphatic rings. The lowest BCUT2D eigenvalue weighted by atomic mass is 10.1. The lowest BCUT2D eigenvalue weighted by molar-refractivity contribution is 0.0655. The summed E-state index contributed by atoms with van der Waals surface area (Å²) in [5, 5.41) is 3.30. The van der Waals surface area contributed by atoms with Crippen molar-refractivity contribution in [1.82, 2.24) is 10.2 Å². The fourth-order valence-corrected chi connectivity index (χ4v) is 2.63. The first kappa shape index (κ1) is 20.6. The van der Waals surface area contributed by atoms with Crippen molar-refractivity contribution in [3.05, 3.63) is 23.8 Å². The van der Waals surface area contributed by atoms with Crippen LogP contribution in [0.2, 0.25) is 0 Å². The molecule has 1 fully saturated rings. The Morgan fingerprint density at radius 2 is 2.12 bits per heavy atom. The second kappa shape index (κ2) is 9.74. The third kappa shape index (κ3) is 5.28. The Bertz CT molecular complexity index is 537. The molecule has 136 valence electrons. The van der Waals surface area contributed by atoms with Gasteiger partial charge in [-0.3, -0.25) is 4.79 Å². The van der Waals surface area contributed by atoms with E-state index < -0.39 is 0 Å². The number of nitrogens with zero attached hydrogens (tertiary/aromatic N) is 1. The molecule has 1 saturated heterocycles. The largest absolute Gasteiger partial charge is 0.493 e. The van der Waals surface area contributed by atoms with E-state index in [9.17, 15) is 4.79 Å². The van der Waals surface area contributed by atoms with E-state index in [1.165, 1.54) is 0 Å². The van der Waals surface area contributed by atoms with Crippen LogP contribution in [0.1, 0.15) is 37.6 Å². The van der Waals surface area contributed by atoms with E-state index in [2.05, 4.69) is 26.1 Å². The molecule has 1 aromatic rings. The molecule has 0 saturated carbocycles. The third-order valence-electron chi connectivity index (χ3n) is 4.13. The fourth-order valence-electron chi connectivity index (χ4n) is 2.63. The Hall–Kier alpha value is -1.46. The van der Waals surface area contributed by atoms with Gasteiger partial charge in [-0.1, -0.05) is 13.8 Å². The van der Waals surface area contributed by atoms with E-state index >= 15 is 0 Å². The number of carbonyl (C=O) groups excluding carboxylic acids is 1. The molecule has 24 heavy (non-hydrogen) atoms. The second-order valence-corrected chi connectivity index (χ2v) is 6.45. The Labute approximate surface area is 151 Å². The zero-order valence-electron chi connectivity index (χ0n) is 15.0. The molecule has 0 radical (unpaired) electrons. The van der Waals surface area contributed by atoms with Crippen molar-refractivity contribution in [2.45, 2.75) is 33.2 Å². The van der Waals surface area contributed by atoms with Crippen LogP contribution in [0.5, 0.6) is 11.5 Å². The maximum atomic E-state index is 12.7. The van der Waals surface area contributed by atoms with Crippen LogP contribution in [0.4, 0.5) is 0 Å². The van der Waals surface area contributed by atoms with Gasteiger partial charge in [-0.05, 0) is 37.5 Å². The minimum absolute atomic E-state index is 0. The molecule has 1 aromatic carbocycles. The Balaban J connectivity index is 0.00000288. The number of piperazine rings is 1. The number of methoxy groups -OCH3 is 1. The van der Waals surface area contributed by atoms with Gasteiger partial charge < -0.3 is 19.7 Å². The molecular weight excluding hydrogens is 328 g/mol. The molecule has 1 atom stereocenters. The number of nitrogens with one attached hydrogen (secondary N) is 1. The standard InChI is InChI=1S/C18H28N2O3.ClH/c1-13(2)7-10-23-16-6-5-15(11-17(16)22-4)18(21)20-9-8-19-12-14(20)3;/h5-6,11,13-14,19H,7-10,12H2,1-4H3;1H. The predicted octanol–water partition coefficient (Wildman–Crippen LogP) is 2.98. The average molecular weight is 357 g/mol. The summed E-state index contributed by atoms with van der Waals surface area (Å²) in [4.78, 5) is 14.6. The van der Waals surface area contributed by atoms with Crippen LogP contribution >= 0.6 is 12.4 Å². The first-order chi connectivity index (χ1) is 11.0. The fraction of sp³-hybridized carbons (Fsp3) is 0.611. The molecule has 1 amide bonds. The lowest BCUT2D eigenvalue weighted by Crippen LogP contribution is -2.52. The summed E-state index contributed by atoms with van der Waals surface area (Å²) in [6.07, 6.45) is 0.988. The Kier molecular flexibility index (Phi) is 8.36. The smallest absolute Gasteiger partial charge is 0.254 e. The molecular formula is C18H29ClN2O3. The van der Waals surface area contributed by atoms with Crippen LogP contribution < -0.4 is 14.8 Å². The number of hydrogen-bond donors (Lipinski definition) is 1. The van der Waals surface area contributed by atoms with E-state index in [1.54, 1.807) is 13.2 Å². The molecule has 2 rings (SSSR count). The van der Waals surface area contributed by atoms with E-state index in [0.717, 1.165) is 26.1 Å². The van der Waals surface area contributed by atoms with Crippen LogP contribution in [0.3, 0.4) is 0 Å². The van der Waals surface area contributed by atoms with Crippen molar-refractivity contribution in [2.75, 3.05) is 33.4 Å². The number of benzene rings is 1. The highest BCUT2D eigenvalue weighted by molar-refractivity contribution is 5.95. The molecule has 1 aliphatic heterocycles. The van der Waals surface area contributed by atoms with Gasteiger partial charge in [0.05, 0.1) is 13.7 Å². The van der Waals surface area contributed by atoms with E-state index in [1.807, 2.05) is 17.0 Å². The van der Waals surface area contributed by atoms with E-state index in [-0.39, 0.29) is 24.4 Å². The first-order valence-corrected chi connectivity index (χ1v) is 8.35. The zero-order valence-corrected chi connectivity index (χ0v) is 15.8. The molecule has 0 aromatic heterocycles. The normalized spacial score (nSPS) is 17.4. The number of hydrogen-bond acceptors (Lipinski definition) is 4. The van der Waals surface area contributed by atoms with Gasteiger partial charge in [0.2, 0.25) is 0 Å². The van der Waals surface area contributed by atoms with Crippen molar-refractivity contribution in [3.8, 4) is 11.5 Å². The summed E-state index contributed by atoms with van der Waals surface area (Å²) in [6.45, 7) is 9.44. The highest BCUT2D eigenvalue weighted by Gasteiger charge is 2.24. The molecule has 6 heteroatoms. The van der Waals surface area contributed by atoms with Crippen molar-refractivity contribution in [3.63, 3.8) is 0 Å². The van der Waals surface area contributed by atoms with Crippen molar-refractivity contribution >= 4 is 18.3 Å². The molecule has 1 N–H and O–H groups in total. The highest BCUT2D eigenvalue weighted by Crippen LogP contribution is 2.29. The second-order valence-electron chi connectivity index (χ2n) is 6.45. The quantitative estimate of drug-likeness (QED) is 0.851. The number of halogens is 1. The van der Waals surface area contributed by atoms with Crippen LogP contribution in [-0.2, 0) is 0 Å². The molecule has 1 heterocycles. The number of amides is 1. The molecule has 1 unspecified atom stereocenters. The number of rotatable bonds is 6.